The first-order chi connectivity index (χ1) is 9.19. The maximum Gasteiger partial charge on any atom is 0.0320 e. The first-order valence-corrected chi connectivity index (χ1v) is 7.87. The molecule has 102 valence electrons. The Morgan fingerprint density at radius 2 is 1.84 bits per heavy atom. The molecule has 0 bridgehead atoms. The van der Waals surface area contributed by atoms with E-state index >= 15 is 0 Å². The summed E-state index contributed by atoms with van der Waals surface area (Å²) in [5.74, 6) is 0. The van der Waals surface area contributed by atoms with Crippen molar-refractivity contribution in [2.45, 2.75) is 45.7 Å². The number of rotatable bonds is 6. The third-order valence-electron chi connectivity index (χ3n) is 3.40. The van der Waals surface area contributed by atoms with Crippen molar-refractivity contribution in [1.29, 1.82) is 0 Å². The Bertz CT molecular complexity index is 489. The molecule has 0 aliphatic carbocycles. The normalized spacial score (nSPS) is 14.3. The second kappa shape index (κ2) is 6.88. The molecule has 2 aromatic rings. The fourth-order valence-corrected chi connectivity index (χ4v) is 3.45. The molecule has 1 nitrogen and oxygen atoms in total. The highest BCUT2D eigenvalue weighted by Crippen LogP contribution is 2.20. The van der Waals surface area contributed by atoms with Gasteiger partial charge in [0.2, 0.25) is 0 Å². The van der Waals surface area contributed by atoms with Crippen LogP contribution in [0.1, 0.15) is 41.6 Å². The molecule has 1 aromatic carbocycles. The van der Waals surface area contributed by atoms with Crippen LogP contribution < -0.4 is 5.32 Å². The zero-order valence-corrected chi connectivity index (χ0v) is 12.8. The summed E-state index contributed by atoms with van der Waals surface area (Å²) in [6, 6.07) is 16.2. The predicted octanol–water partition coefficient (Wildman–Crippen LogP) is 4.73. The van der Waals surface area contributed by atoms with Gasteiger partial charge >= 0.3 is 0 Å². The lowest BCUT2D eigenvalue weighted by atomic mass is 10.0. The van der Waals surface area contributed by atoms with Crippen molar-refractivity contribution in [3.05, 3.63) is 57.8 Å². The van der Waals surface area contributed by atoms with Crippen LogP contribution in [0.15, 0.2) is 42.5 Å². The van der Waals surface area contributed by atoms with E-state index in [1.165, 1.54) is 15.3 Å². The van der Waals surface area contributed by atoms with Crippen molar-refractivity contribution in [1.82, 2.24) is 5.32 Å². The molecule has 0 saturated carbocycles. The molecular weight excluding hydrogens is 250 g/mol. The molecule has 1 aromatic heterocycles. The summed E-state index contributed by atoms with van der Waals surface area (Å²) in [4.78, 5) is 2.87. The molecule has 0 spiro atoms. The fourth-order valence-electron chi connectivity index (χ4n) is 2.43. The van der Waals surface area contributed by atoms with E-state index in [9.17, 15) is 0 Å². The van der Waals surface area contributed by atoms with Crippen molar-refractivity contribution in [2.75, 3.05) is 0 Å². The van der Waals surface area contributed by atoms with Crippen LogP contribution in [0.4, 0.5) is 0 Å². The van der Waals surface area contributed by atoms with E-state index < -0.39 is 0 Å². The summed E-state index contributed by atoms with van der Waals surface area (Å²) in [6.07, 6.45) is 2.24. The average molecular weight is 273 g/mol. The van der Waals surface area contributed by atoms with Gasteiger partial charge in [-0.05, 0) is 44.4 Å². The minimum absolute atomic E-state index is 0.456. The summed E-state index contributed by atoms with van der Waals surface area (Å²) in [6.45, 7) is 6.69. The zero-order chi connectivity index (χ0) is 13.7. The summed E-state index contributed by atoms with van der Waals surface area (Å²) >= 11 is 1.91. The maximum atomic E-state index is 3.75. The molecule has 2 rings (SSSR count). The molecule has 2 unspecified atom stereocenters. The van der Waals surface area contributed by atoms with E-state index in [4.69, 9.17) is 0 Å². The van der Waals surface area contributed by atoms with Crippen LogP contribution in [-0.2, 0) is 6.42 Å². The first-order valence-electron chi connectivity index (χ1n) is 7.05. The summed E-state index contributed by atoms with van der Waals surface area (Å²) in [5, 5.41) is 3.75. The minimum atomic E-state index is 0.456. The minimum Gasteiger partial charge on any atom is -0.307 e. The fraction of sp³-hybridized carbons (Fsp3) is 0.412. The summed E-state index contributed by atoms with van der Waals surface area (Å²) in [7, 11) is 0. The lowest BCUT2D eigenvalue weighted by Crippen LogP contribution is -2.31. The van der Waals surface area contributed by atoms with Gasteiger partial charge in [0, 0.05) is 21.8 Å². The van der Waals surface area contributed by atoms with E-state index in [2.05, 4.69) is 68.6 Å². The Labute approximate surface area is 120 Å². The largest absolute Gasteiger partial charge is 0.307 e. The highest BCUT2D eigenvalue weighted by atomic mass is 32.1. The van der Waals surface area contributed by atoms with E-state index in [0.29, 0.717) is 12.1 Å². The number of benzene rings is 1. The SMILES string of the molecule is CCC(NC(C)Cc1ccc(C)s1)c1ccccc1. The number of hydrogen-bond donors (Lipinski definition) is 1. The molecule has 0 amide bonds. The Morgan fingerprint density at radius 1 is 1.11 bits per heavy atom. The van der Waals surface area contributed by atoms with Gasteiger partial charge in [0.15, 0.2) is 0 Å². The van der Waals surface area contributed by atoms with Gasteiger partial charge in [0.25, 0.3) is 0 Å². The second-order valence-corrected chi connectivity index (χ2v) is 6.53. The first kappa shape index (κ1) is 14.3. The number of hydrogen-bond acceptors (Lipinski definition) is 2. The van der Waals surface area contributed by atoms with Crippen molar-refractivity contribution in [3.8, 4) is 0 Å². The molecule has 0 aliphatic rings. The zero-order valence-electron chi connectivity index (χ0n) is 12.0. The molecule has 0 saturated heterocycles. The van der Waals surface area contributed by atoms with Crippen LogP contribution in [0.2, 0.25) is 0 Å². The Morgan fingerprint density at radius 3 is 2.42 bits per heavy atom. The van der Waals surface area contributed by atoms with Gasteiger partial charge in [-0.1, -0.05) is 37.3 Å². The lowest BCUT2D eigenvalue weighted by Gasteiger charge is -2.22. The molecule has 0 fully saturated rings. The van der Waals surface area contributed by atoms with Gasteiger partial charge in [0.1, 0.15) is 0 Å². The van der Waals surface area contributed by atoms with Crippen LogP contribution in [-0.4, -0.2) is 6.04 Å². The predicted molar refractivity (Wildman–Crippen MR) is 84.8 cm³/mol. The average Bonchev–Trinajstić information content (AvgIpc) is 2.82. The van der Waals surface area contributed by atoms with Crippen molar-refractivity contribution in [2.24, 2.45) is 0 Å². The van der Waals surface area contributed by atoms with Crippen molar-refractivity contribution < 1.29 is 0 Å². The van der Waals surface area contributed by atoms with Crippen LogP contribution in [0.3, 0.4) is 0 Å². The van der Waals surface area contributed by atoms with Crippen molar-refractivity contribution >= 4 is 11.3 Å². The molecule has 2 atom stereocenters. The molecule has 1 heterocycles. The smallest absolute Gasteiger partial charge is 0.0320 e. The van der Waals surface area contributed by atoms with E-state index in [1.54, 1.807) is 0 Å². The van der Waals surface area contributed by atoms with Crippen LogP contribution >= 0.6 is 11.3 Å². The molecule has 0 radical (unpaired) electrons. The topological polar surface area (TPSA) is 12.0 Å². The highest BCUT2D eigenvalue weighted by Gasteiger charge is 2.13. The van der Waals surface area contributed by atoms with Gasteiger partial charge in [-0.15, -0.1) is 11.3 Å². The molecular formula is C17H23NS. The van der Waals surface area contributed by atoms with Crippen LogP contribution in [0.5, 0.6) is 0 Å². The van der Waals surface area contributed by atoms with E-state index in [0.717, 1.165) is 12.8 Å². The van der Waals surface area contributed by atoms with Crippen LogP contribution in [0, 0.1) is 6.92 Å². The lowest BCUT2D eigenvalue weighted by molar-refractivity contribution is 0.445. The maximum absolute atomic E-state index is 3.75. The van der Waals surface area contributed by atoms with Gasteiger partial charge in [-0.2, -0.15) is 0 Å². The van der Waals surface area contributed by atoms with Crippen LogP contribution in [0.25, 0.3) is 0 Å². The quantitative estimate of drug-likeness (QED) is 0.802. The number of nitrogens with one attached hydrogen (secondary N) is 1. The van der Waals surface area contributed by atoms with Gasteiger partial charge in [-0.25, -0.2) is 0 Å². The number of thiophene rings is 1. The van der Waals surface area contributed by atoms with Gasteiger partial charge < -0.3 is 5.32 Å². The monoisotopic (exact) mass is 273 g/mol. The Hall–Kier alpha value is -1.12. The molecule has 19 heavy (non-hydrogen) atoms. The van der Waals surface area contributed by atoms with Crippen molar-refractivity contribution in [3.63, 3.8) is 0 Å². The van der Waals surface area contributed by atoms with E-state index in [1.807, 2.05) is 11.3 Å². The Kier molecular flexibility index (Phi) is 5.17. The third kappa shape index (κ3) is 4.19. The second-order valence-electron chi connectivity index (χ2n) is 5.16. The van der Waals surface area contributed by atoms with Gasteiger partial charge in [-0.3, -0.25) is 0 Å². The molecule has 0 aliphatic heterocycles. The Balaban J connectivity index is 1.95. The molecule has 1 N–H and O–H groups in total. The molecule has 2 heteroatoms. The summed E-state index contributed by atoms with van der Waals surface area (Å²) < 4.78 is 0. The highest BCUT2D eigenvalue weighted by molar-refractivity contribution is 7.11. The van der Waals surface area contributed by atoms with Gasteiger partial charge in [0.05, 0.1) is 0 Å². The summed E-state index contributed by atoms with van der Waals surface area (Å²) in [5.41, 5.74) is 1.39. The third-order valence-corrected chi connectivity index (χ3v) is 4.42. The standard InChI is InChI=1S/C17H23NS/c1-4-17(15-8-6-5-7-9-15)18-13(2)12-16-11-10-14(3)19-16/h5-11,13,17-18H,4,12H2,1-3H3. The number of aryl methyl sites for hydroxylation is 1. The van der Waals surface area contributed by atoms with E-state index in [-0.39, 0.29) is 0 Å².